The van der Waals surface area contributed by atoms with Crippen molar-refractivity contribution in [2.75, 3.05) is 5.73 Å². The van der Waals surface area contributed by atoms with Gasteiger partial charge in [-0.3, -0.25) is 0 Å². The molecule has 1 heteroatoms. The Morgan fingerprint density at radius 2 is 1.42 bits per heavy atom. The zero-order valence-corrected chi connectivity index (χ0v) is 14.5. The van der Waals surface area contributed by atoms with Crippen LogP contribution in [0.3, 0.4) is 0 Å². The zero-order chi connectivity index (χ0) is 17.3. The molecular formula is C25H19N. The van der Waals surface area contributed by atoms with Crippen molar-refractivity contribution in [1.82, 2.24) is 0 Å². The van der Waals surface area contributed by atoms with E-state index in [1.807, 2.05) is 6.07 Å². The number of allylic oxidation sites excluding steroid dienone is 4. The van der Waals surface area contributed by atoms with E-state index < -0.39 is 0 Å². The lowest BCUT2D eigenvalue weighted by atomic mass is 9.68. The largest absolute Gasteiger partial charge is 0.399 e. The van der Waals surface area contributed by atoms with Crippen LogP contribution in [0.1, 0.15) is 35.1 Å². The van der Waals surface area contributed by atoms with Crippen LogP contribution in [0.4, 0.5) is 5.69 Å². The molecule has 0 fully saturated rings. The lowest BCUT2D eigenvalue weighted by Gasteiger charge is -2.33. The molecule has 0 saturated carbocycles. The summed E-state index contributed by atoms with van der Waals surface area (Å²) < 4.78 is 0. The normalized spacial score (nSPS) is 21.5. The lowest BCUT2D eigenvalue weighted by Crippen LogP contribution is -2.27. The molecule has 0 saturated heterocycles. The van der Waals surface area contributed by atoms with Crippen molar-refractivity contribution in [1.29, 1.82) is 0 Å². The fourth-order valence-electron chi connectivity index (χ4n) is 5.43. The summed E-state index contributed by atoms with van der Waals surface area (Å²) in [5.74, 6) is 0. The lowest BCUT2D eigenvalue weighted by molar-refractivity contribution is 0.714. The monoisotopic (exact) mass is 333 g/mol. The van der Waals surface area contributed by atoms with Crippen LogP contribution in [0.15, 0.2) is 84.5 Å². The van der Waals surface area contributed by atoms with E-state index in [9.17, 15) is 0 Å². The highest BCUT2D eigenvalue weighted by Gasteiger charge is 2.52. The van der Waals surface area contributed by atoms with Gasteiger partial charge < -0.3 is 5.73 Å². The number of hydrogen-bond acceptors (Lipinski definition) is 1. The molecule has 0 aromatic heterocycles. The van der Waals surface area contributed by atoms with Gasteiger partial charge in [0, 0.05) is 5.69 Å². The van der Waals surface area contributed by atoms with Crippen molar-refractivity contribution in [2.24, 2.45) is 0 Å². The molecule has 0 radical (unpaired) electrons. The average Bonchev–Trinajstić information content (AvgIpc) is 3.15. The van der Waals surface area contributed by atoms with E-state index >= 15 is 0 Å². The van der Waals surface area contributed by atoms with Gasteiger partial charge in [0.1, 0.15) is 0 Å². The Labute approximate surface area is 153 Å². The Morgan fingerprint density at radius 3 is 2.27 bits per heavy atom. The standard InChI is InChI=1S/C25H19N/c26-16-13-14-20-19-9-3-6-12-23(19)25(24(20)15-16)21-10-4-1-7-17(21)18-8-2-5-11-22(18)25/h1-4,6-10,12-15H,5,11,26H2. The second-order valence-corrected chi connectivity index (χ2v) is 7.48. The van der Waals surface area contributed by atoms with Gasteiger partial charge in [0.15, 0.2) is 0 Å². The van der Waals surface area contributed by atoms with Crippen LogP contribution in [-0.2, 0) is 5.41 Å². The van der Waals surface area contributed by atoms with E-state index in [1.165, 1.54) is 44.5 Å². The first-order valence-corrected chi connectivity index (χ1v) is 9.32. The smallest absolute Gasteiger partial charge is 0.0689 e. The molecule has 0 heterocycles. The van der Waals surface area contributed by atoms with Crippen LogP contribution < -0.4 is 5.73 Å². The van der Waals surface area contributed by atoms with E-state index in [0.717, 1.165) is 18.5 Å². The van der Waals surface area contributed by atoms with Crippen molar-refractivity contribution in [2.45, 2.75) is 18.3 Å². The van der Waals surface area contributed by atoms with Crippen LogP contribution >= 0.6 is 0 Å². The van der Waals surface area contributed by atoms with Crippen LogP contribution in [0.25, 0.3) is 16.7 Å². The maximum atomic E-state index is 6.27. The number of fused-ring (bicyclic) bond motifs is 9. The fourth-order valence-corrected chi connectivity index (χ4v) is 5.43. The highest BCUT2D eigenvalue weighted by atomic mass is 14.6. The summed E-state index contributed by atoms with van der Waals surface area (Å²) in [6, 6.07) is 24.3. The zero-order valence-electron chi connectivity index (χ0n) is 14.5. The van der Waals surface area contributed by atoms with Gasteiger partial charge in [-0.05, 0) is 69.5 Å². The maximum Gasteiger partial charge on any atom is 0.0689 e. The third-order valence-corrected chi connectivity index (χ3v) is 6.31. The Morgan fingerprint density at radius 1 is 0.731 bits per heavy atom. The van der Waals surface area contributed by atoms with Crippen molar-refractivity contribution >= 4 is 11.3 Å². The summed E-state index contributed by atoms with van der Waals surface area (Å²) in [6.07, 6.45) is 6.85. The van der Waals surface area contributed by atoms with Gasteiger partial charge in [-0.1, -0.05) is 66.7 Å². The van der Waals surface area contributed by atoms with E-state index in [4.69, 9.17) is 5.73 Å². The minimum Gasteiger partial charge on any atom is -0.399 e. The Kier molecular flexibility index (Phi) is 2.59. The molecule has 1 unspecified atom stereocenters. The first-order chi connectivity index (χ1) is 12.8. The number of nitrogens with two attached hydrogens (primary N) is 1. The summed E-state index contributed by atoms with van der Waals surface area (Å²) in [6.45, 7) is 0. The summed E-state index contributed by atoms with van der Waals surface area (Å²) in [5.41, 5.74) is 18.1. The molecule has 26 heavy (non-hydrogen) atoms. The molecule has 3 aromatic rings. The molecule has 1 atom stereocenters. The molecule has 1 nitrogen and oxygen atoms in total. The molecule has 3 aromatic carbocycles. The number of rotatable bonds is 0. The minimum absolute atomic E-state index is 0.183. The van der Waals surface area contributed by atoms with Crippen LogP contribution in [0.5, 0.6) is 0 Å². The fraction of sp³-hybridized carbons (Fsp3) is 0.120. The molecule has 124 valence electrons. The van der Waals surface area contributed by atoms with Crippen molar-refractivity contribution < 1.29 is 0 Å². The molecule has 0 bridgehead atoms. The molecular weight excluding hydrogens is 314 g/mol. The Hall–Kier alpha value is -3.06. The Balaban J connectivity index is 1.84. The van der Waals surface area contributed by atoms with Gasteiger partial charge in [0.25, 0.3) is 0 Å². The van der Waals surface area contributed by atoms with Crippen LogP contribution in [0.2, 0.25) is 0 Å². The molecule has 6 rings (SSSR count). The third-order valence-electron chi connectivity index (χ3n) is 6.31. The highest BCUT2D eigenvalue weighted by molar-refractivity contribution is 5.97. The van der Waals surface area contributed by atoms with E-state index in [0.29, 0.717) is 0 Å². The van der Waals surface area contributed by atoms with Gasteiger partial charge >= 0.3 is 0 Å². The predicted molar refractivity (Wildman–Crippen MR) is 108 cm³/mol. The predicted octanol–water partition coefficient (Wildman–Crippen LogP) is 5.70. The van der Waals surface area contributed by atoms with Gasteiger partial charge in [0.2, 0.25) is 0 Å². The number of nitrogen functional groups attached to an aromatic ring is 1. The Bertz CT molecular complexity index is 1150. The summed E-state index contributed by atoms with van der Waals surface area (Å²) >= 11 is 0. The quantitative estimate of drug-likeness (QED) is 0.525. The van der Waals surface area contributed by atoms with Gasteiger partial charge in [-0.2, -0.15) is 0 Å². The van der Waals surface area contributed by atoms with E-state index in [-0.39, 0.29) is 5.41 Å². The summed E-state index contributed by atoms with van der Waals surface area (Å²) in [4.78, 5) is 0. The van der Waals surface area contributed by atoms with Crippen molar-refractivity contribution in [3.63, 3.8) is 0 Å². The molecule has 0 aliphatic heterocycles. The second-order valence-electron chi connectivity index (χ2n) is 7.48. The third kappa shape index (κ3) is 1.48. The average molecular weight is 333 g/mol. The highest BCUT2D eigenvalue weighted by Crippen LogP contribution is 2.63. The molecule has 0 amide bonds. The second kappa shape index (κ2) is 4.76. The van der Waals surface area contributed by atoms with Gasteiger partial charge in [0.05, 0.1) is 5.41 Å². The summed E-state index contributed by atoms with van der Waals surface area (Å²) in [7, 11) is 0. The van der Waals surface area contributed by atoms with Gasteiger partial charge in [-0.15, -0.1) is 0 Å². The minimum atomic E-state index is -0.183. The molecule has 1 spiro atoms. The first-order valence-electron chi connectivity index (χ1n) is 9.32. The van der Waals surface area contributed by atoms with Crippen LogP contribution in [0, 0.1) is 0 Å². The van der Waals surface area contributed by atoms with Crippen molar-refractivity contribution in [3.8, 4) is 11.1 Å². The van der Waals surface area contributed by atoms with Gasteiger partial charge in [-0.25, -0.2) is 0 Å². The van der Waals surface area contributed by atoms with Crippen LogP contribution in [-0.4, -0.2) is 0 Å². The maximum absolute atomic E-state index is 6.27. The number of hydrogen-bond donors (Lipinski definition) is 1. The van der Waals surface area contributed by atoms with Crippen molar-refractivity contribution in [3.05, 3.63) is 107 Å². The topological polar surface area (TPSA) is 26.0 Å². The SMILES string of the molecule is Nc1ccc2c(c1)C1(C3=C(C=CCC3)c3ccccc31)c1ccccc1-2. The molecule has 2 N–H and O–H groups in total. The van der Waals surface area contributed by atoms with E-state index in [2.05, 4.69) is 72.8 Å². The summed E-state index contributed by atoms with van der Waals surface area (Å²) in [5, 5.41) is 0. The number of benzene rings is 3. The molecule has 3 aliphatic rings. The molecule has 3 aliphatic carbocycles. The van der Waals surface area contributed by atoms with E-state index in [1.54, 1.807) is 0 Å². The number of anilines is 1. The first kappa shape index (κ1) is 14.1.